The molecule has 0 aliphatic heterocycles. The number of hydrogen-bond donors (Lipinski definition) is 1. The predicted molar refractivity (Wildman–Crippen MR) is 82.2 cm³/mol. The Kier molecular flexibility index (Phi) is 3.65. The lowest BCUT2D eigenvalue weighted by molar-refractivity contribution is -0.121. The van der Waals surface area contributed by atoms with E-state index >= 15 is 0 Å². The van der Waals surface area contributed by atoms with Crippen molar-refractivity contribution in [3.63, 3.8) is 0 Å². The van der Waals surface area contributed by atoms with Crippen LogP contribution in [0.2, 0.25) is 0 Å². The van der Waals surface area contributed by atoms with E-state index in [1.54, 1.807) is 7.11 Å². The number of nitrogens with one attached hydrogen (secondary N) is 1. The van der Waals surface area contributed by atoms with E-state index in [4.69, 9.17) is 4.74 Å². The van der Waals surface area contributed by atoms with Crippen LogP contribution in [-0.2, 0) is 16.8 Å². The summed E-state index contributed by atoms with van der Waals surface area (Å²) in [6.07, 6.45) is 2.43. The molecule has 108 valence electrons. The third-order valence-corrected chi connectivity index (χ3v) is 3.98. The van der Waals surface area contributed by atoms with Crippen LogP contribution in [0.5, 0.6) is 5.75 Å². The molecule has 2 aromatic carbocycles. The van der Waals surface area contributed by atoms with Gasteiger partial charge in [0.2, 0.25) is 5.91 Å². The van der Waals surface area contributed by atoms with Gasteiger partial charge in [-0.1, -0.05) is 42.5 Å². The molecule has 1 aliphatic rings. The summed E-state index contributed by atoms with van der Waals surface area (Å²) in [4.78, 5) is 12.2. The smallest absolute Gasteiger partial charge is 0.225 e. The van der Waals surface area contributed by atoms with Crippen LogP contribution in [0.15, 0.2) is 54.6 Å². The topological polar surface area (TPSA) is 38.3 Å². The molecular formula is C18H19NO2. The molecule has 0 atom stereocenters. The zero-order chi connectivity index (χ0) is 14.7. The second-order valence-electron chi connectivity index (χ2n) is 5.52. The molecule has 0 heterocycles. The highest BCUT2D eigenvalue weighted by Gasteiger charge is 2.45. The molecule has 0 saturated heterocycles. The molecule has 3 heteroatoms. The summed E-state index contributed by atoms with van der Waals surface area (Å²) in [5.41, 5.74) is 2.03. The Morgan fingerprint density at radius 1 is 1.10 bits per heavy atom. The maximum absolute atomic E-state index is 12.2. The first-order valence-corrected chi connectivity index (χ1v) is 7.21. The summed E-state index contributed by atoms with van der Waals surface area (Å²) < 4.78 is 5.18. The zero-order valence-corrected chi connectivity index (χ0v) is 12.1. The van der Waals surface area contributed by atoms with Crippen LogP contribution in [0.25, 0.3) is 0 Å². The number of methoxy groups -OCH3 is 1. The first kappa shape index (κ1) is 13.7. The van der Waals surface area contributed by atoms with E-state index in [9.17, 15) is 4.79 Å². The third-order valence-electron chi connectivity index (χ3n) is 3.98. The van der Waals surface area contributed by atoms with Crippen LogP contribution in [0.4, 0.5) is 0 Å². The lowest BCUT2D eigenvalue weighted by Crippen LogP contribution is -2.35. The minimum absolute atomic E-state index is 0.0783. The van der Waals surface area contributed by atoms with Crippen molar-refractivity contribution in [1.82, 2.24) is 5.32 Å². The van der Waals surface area contributed by atoms with E-state index in [0.29, 0.717) is 6.42 Å². The number of ether oxygens (including phenoxy) is 1. The molecular weight excluding hydrogens is 262 g/mol. The van der Waals surface area contributed by atoms with E-state index in [1.165, 1.54) is 0 Å². The number of carbonyl (C=O) groups excluding carboxylic acids is 1. The lowest BCUT2D eigenvalue weighted by atomic mass is 10.0. The van der Waals surface area contributed by atoms with Crippen LogP contribution in [0, 0.1) is 0 Å². The fourth-order valence-corrected chi connectivity index (χ4v) is 2.61. The summed E-state index contributed by atoms with van der Waals surface area (Å²) >= 11 is 0. The highest BCUT2D eigenvalue weighted by atomic mass is 16.5. The second-order valence-corrected chi connectivity index (χ2v) is 5.52. The van der Waals surface area contributed by atoms with Crippen LogP contribution in [-0.4, -0.2) is 13.0 Å². The van der Waals surface area contributed by atoms with Crippen molar-refractivity contribution in [3.05, 3.63) is 65.7 Å². The van der Waals surface area contributed by atoms with Gasteiger partial charge in [-0.15, -0.1) is 0 Å². The zero-order valence-electron chi connectivity index (χ0n) is 12.1. The first-order chi connectivity index (χ1) is 10.2. The summed E-state index contributed by atoms with van der Waals surface area (Å²) in [5, 5.41) is 3.19. The summed E-state index contributed by atoms with van der Waals surface area (Å²) in [7, 11) is 1.66. The van der Waals surface area contributed by atoms with Gasteiger partial charge in [-0.05, 0) is 36.1 Å². The maximum Gasteiger partial charge on any atom is 0.225 e. The Bertz CT molecular complexity index is 615. The summed E-state index contributed by atoms with van der Waals surface area (Å²) in [6, 6.07) is 17.8. The van der Waals surface area contributed by atoms with E-state index in [-0.39, 0.29) is 11.4 Å². The van der Waals surface area contributed by atoms with Crippen molar-refractivity contribution in [2.45, 2.75) is 24.8 Å². The van der Waals surface area contributed by atoms with Crippen molar-refractivity contribution in [2.75, 3.05) is 7.11 Å². The van der Waals surface area contributed by atoms with E-state index < -0.39 is 0 Å². The molecule has 1 amide bonds. The SMILES string of the molecule is COc1ccc(C2(NC(=O)Cc3ccccc3)CC2)cc1. The minimum atomic E-state index is -0.169. The lowest BCUT2D eigenvalue weighted by Gasteiger charge is -2.18. The standard InChI is InChI=1S/C18H19NO2/c1-21-16-9-7-15(8-10-16)18(11-12-18)19-17(20)13-14-5-3-2-4-6-14/h2-10H,11-13H2,1H3,(H,19,20). The predicted octanol–water partition coefficient (Wildman–Crippen LogP) is 3.04. The van der Waals surface area contributed by atoms with Gasteiger partial charge in [0.15, 0.2) is 0 Å². The molecule has 0 radical (unpaired) electrons. The van der Waals surface area contributed by atoms with Crippen molar-refractivity contribution >= 4 is 5.91 Å². The largest absolute Gasteiger partial charge is 0.497 e. The van der Waals surface area contributed by atoms with Crippen molar-refractivity contribution in [2.24, 2.45) is 0 Å². The van der Waals surface area contributed by atoms with Gasteiger partial charge >= 0.3 is 0 Å². The molecule has 3 nitrogen and oxygen atoms in total. The average molecular weight is 281 g/mol. The number of amides is 1. The molecule has 0 aromatic heterocycles. The van der Waals surface area contributed by atoms with Crippen molar-refractivity contribution in [1.29, 1.82) is 0 Å². The number of hydrogen-bond acceptors (Lipinski definition) is 2. The summed E-state index contributed by atoms with van der Waals surface area (Å²) in [5.74, 6) is 0.916. The molecule has 0 spiro atoms. The average Bonchev–Trinajstić information content (AvgIpc) is 3.29. The van der Waals surface area contributed by atoms with E-state index in [2.05, 4.69) is 5.32 Å². The Hall–Kier alpha value is -2.29. The normalized spacial score (nSPS) is 15.3. The Balaban J connectivity index is 1.67. The molecule has 1 fully saturated rings. The minimum Gasteiger partial charge on any atom is -0.497 e. The molecule has 2 aromatic rings. The van der Waals surface area contributed by atoms with Gasteiger partial charge in [0, 0.05) is 0 Å². The Labute approximate surface area is 124 Å². The van der Waals surface area contributed by atoms with Gasteiger partial charge in [0.1, 0.15) is 5.75 Å². The quantitative estimate of drug-likeness (QED) is 0.914. The molecule has 1 N–H and O–H groups in total. The molecule has 0 unspecified atom stereocenters. The molecule has 0 bridgehead atoms. The fraction of sp³-hybridized carbons (Fsp3) is 0.278. The van der Waals surface area contributed by atoms with Crippen LogP contribution in [0.3, 0.4) is 0 Å². The highest BCUT2D eigenvalue weighted by Crippen LogP contribution is 2.45. The molecule has 1 saturated carbocycles. The molecule has 1 aliphatic carbocycles. The first-order valence-electron chi connectivity index (χ1n) is 7.21. The van der Waals surface area contributed by atoms with Crippen LogP contribution >= 0.6 is 0 Å². The fourth-order valence-electron chi connectivity index (χ4n) is 2.61. The van der Waals surface area contributed by atoms with Crippen molar-refractivity contribution < 1.29 is 9.53 Å². The van der Waals surface area contributed by atoms with Crippen molar-refractivity contribution in [3.8, 4) is 5.75 Å². The molecule has 3 rings (SSSR count). The van der Waals surface area contributed by atoms with Gasteiger partial charge in [-0.2, -0.15) is 0 Å². The van der Waals surface area contributed by atoms with Crippen LogP contribution in [0.1, 0.15) is 24.0 Å². The highest BCUT2D eigenvalue weighted by molar-refractivity contribution is 5.80. The molecule has 21 heavy (non-hydrogen) atoms. The van der Waals surface area contributed by atoms with E-state index in [0.717, 1.165) is 29.7 Å². The monoisotopic (exact) mass is 281 g/mol. The van der Waals surface area contributed by atoms with Crippen LogP contribution < -0.4 is 10.1 Å². The Morgan fingerprint density at radius 2 is 1.76 bits per heavy atom. The van der Waals surface area contributed by atoms with Gasteiger partial charge in [0.25, 0.3) is 0 Å². The maximum atomic E-state index is 12.2. The van der Waals surface area contributed by atoms with Gasteiger partial charge in [-0.25, -0.2) is 0 Å². The van der Waals surface area contributed by atoms with E-state index in [1.807, 2.05) is 54.6 Å². The van der Waals surface area contributed by atoms with Gasteiger partial charge in [0.05, 0.1) is 19.1 Å². The number of benzene rings is 2. The summed E-state index contributed by atoms with van der Waals surface area (Å²) in [6.45, 7) is 0. The number of rotatable bonds is 5. The Morgan fingerprint density at radius 3 is 2.33 bits per heavy atom. The third kappa shape index (κ3) is 3.07. The second kappa shape index (κ2) is 5.60. The van der Waals surface area contributed by atoms with Gasteiger partial charge in [-0.3, -0.25) is 4.79 Å². The van der Waals surface area contributed by atoms with Gasteiger partial charge < -0.3 is 10.1 Å². The number of carbonyl (C=O) groups is 1.